The van der Waals surface area contributed by atoms with E-state index in [0.717, 1.165) is 13.0 Å². The van der Waals surface area contributed by atoms with E-state index in [1.54, 1.807) is 0 Å². The summed E-state index contributed by atoms with van der Waals surface area (Å²) in [7, 11) is 0. The number of benzene rings is 1. The zero-order valence-corrected chi connectivity index (χ0v) is 11.2. The Kier molecular flexibility index (Phi) is 6.46. The van der Waals surface area contributed by atoms with Gasteiger partial charge in [-0.25, -0.2) is 0 Å². The number of hydrogen-bond acceptors (Lipinski definition) is 1. The van der Waals surface area contributed by atoms with Crippen molar-refractivity contribution in [3.8, 4) is 0 Å². The SMILES string of the molecule is C=CCCCCCNc1cccc(C(C)C)c1. The van der Waals surface area contributed by atoms with Gasteiger partial charge in [-0.2, -0.15) is 0 Å². The molecule has 0 atom stereocenters. The van der Waals surface area contributed by atoms with Crippen LogP contribution in [-0.2, 0) is 0 Å². The van der Waals surface area contributed by atoms with E-state index >= 15 is 0 Å². The molecule has 0 aliphatic rings. The van der Waals surface area contributed by atoms with E-state index in [1.165, 1.54) is 30.5 Å². The smallest absolute Gasteiger partial charge is 0.0343 e. The Balaban J connectivity index is 2.26. The summed E-state index contributed by atoms with van der Waals surface area (Å²) in [5.74, 6) is 0.601. The highest BCUT2D eigenvalue weighted by Gasteiger charge is 1.99. The first kappa shape index (κ1) is 13.8. The zero-order chi connectivity index (χ0) is 12.5. The van der Waals surface area contributed by atoms with E-state index in [0.29, 0.717) is 5.92 Å². The number of nitrogens with one attached hydrogen (secondary N) is 1. The van der Waals surface area contributed by atoms with E-state index in [2.05, 4.69) is 50.0 Å². The number of allylic oxidation sites excluding steroid dienone is 1. The molecule has 0 saturated heterocycles. The fourth-order valence-electron chi connectivity index (χ4n) is 1.83. The van der Waals surface area contributed by atoms with Gasteiger partial charge in [0, 0.05) is 12.2 Å². The van der Waals surface area contributed by atoms with Crippen molar-refractivity contribution in [3.63, 3.8) is 0 Å². The molecule has 1 rings (SSSR count). The van der Waals surface area contributed by atoms with E-state index in [1.807, 2.05) is 6.08 Å². The first-order valence-corrected chi connectivity index (χ1v) is 6.68. The number of rotatable bonds is 8. The second-order valence-corrected chi connectivity index (χ2v) is 4.84. The van der Waals surface area contributed by atoms with Gasteiger partial charge in [0.15, 0.2) is 0 Å². The number of hydrogen-bond donors (Lipinski definition) is 1. The molecule has 1 aromatic rings. The third-order valence-corrected chi connectivity index (χ3v) is 2.97. The maximum atomic E-state index is 3.74. The predicted molar refractivity (Wildman–Crippen MR) is 77.7 cm³/mol. The average Bonchev–Trinajstić information content (AvgIpc) is 2.34. The van der Waals surface area contributed by atoms with Crippen molar-refractivity contribution < 1.29 is 0 Å². The van der Waals surface area contributed by atoms with Crippen LogP contribution in [0.1, 0.15) is 51.0 Å². The summed E-state index contributed by atoms with van der Waals surface area (Å²) in [6.07, 6.45) is 6.92. The molecule has 0 saturated carbocycles. The van der Waals surface area contributed by atoms with Crippen molar-refractivity contribution >= 4 is 5.69 Å². The molecule has 1 heteroatoms. The third kappa shape index (κ3) is 5.58. The number of anilines is 1. The quantitative estimate of drug-likeness (QED) is 0.492. The van der Waals surface area contributed by atoms with Crippen molar-refractivity contribution in [2.75, 3.05) is 11.9 Å². The van der Waals surface area contributed by atoms with Crippen molar-refractivity contribution in [1.82, 2.24) is 0 Å². The molecule has 0 bridgehead atoms. The van der Waals surface area contributed by atoms with Gasteiger partial charge in [0.2, 0.25) is 0 Å². The van der Waals surface area contributed by atoms with E-state index in [4.69, 9.17) is 0 Å². The highest BCUT2D eigenvalue weighted by atomic mass is 14.9. The molecule has 0 heterocycles. The van der Waals surface area contributed by atoms with Gasteiger partial charge in [0.1, 0.15) is 0 Å². The zero-order valence-electron chi connectivity index (χ0n) is 11.2. The van der Waals surface area contributed by atoms with Gasteiger partial charge in [-0.05, 0) is 42.9 Å². The van der Waals surface area contributed by atoms with E-state index < -0.39 is 0 Å². The Bertz CT molecular complexity index is 328. The molecule has 0 aliphatic carbocycles. The Morgan fingerprint density at radius 2 is 2.06 bits per heavy atom. The van der Waals surface area contributed by atoms with Gasteiger partial charge in [-0.3, -0.25) is 0 Å². The molecular weight excluding hydrogens is 206 g/mol. The fraction of sp³-hybridized carbons (Fsp3) is 0.500. The summed E-state index contributed by atoms with van der Waals surface area (Å²) in [6, 6.07) is 8.74. The van der Waals surface area contributed by atoms with Crippen LogP contribution in [0.5, 0.6) is 0 Å². The van der Waals surface area contributed by atoms with Crippen LogP contribution in [0.2, 0.25) is 0 Å². The van der Waals surface area contributed by atoms with Crippen LogP contribution in [0, 0.1) is 0 Å². The predicted octanol–water partition coefficient (Wildman–Crippen LogP) is 4.97. The lowest BCUT2D eigenvalue weighted by atomic mass is 10.0. The molecule has 17 heavy (non-hydrogen) atoms. The first-order chi connectivity index (χ1) is 8.24. The summed E-state index contributed by atoms with van der Waals surface area (Å²) >= 11 is 0. The van der Waals surface area contributed by atoms with Gasteiger partial charge >= 0.3 is 0 Å². The van der Waals surface area contributed by atoms with Crippen LogP contribution < -0.4 is 5.32 Å². The van der Waals surface area contributed by atoms with Gasteiger partial charge in [0.25, 0.3) is 0 Å². The molecular formula is C16H25N. The Hall–Kier alpha value is -1.24. The summed E-state index contributed by atoms with van der Waals surface area (Å²) in [4.78, 5) is 0. The van der Waals surface area contributed by atoms with Crippen LogP contribution in [0.3, 0.4) is 0 Å². The second kappa shape index (κ2) is 7.94. The molecule has 0 radical (unpaired) electrons. The lowest BCUT2D eigenvalue weighted by Gasteiger charge is -2.10. The van der Waals surface area contributed by atoms with Crippen LogP contribution in [-0.4, -0.2) is 6.54 Å². The van der Waals surface area contributed by atoms with Crippen molar-refractivity contribution in [2.45, 2.75) is 45.4 Å². The lowest BCUT2D eigenvalue weighted by molar-refractivity contribution is 0.708. The first-order valence-electron chi connectivity index (χ1n) is 6.68. The monoisotopic (exact) mass is 231 g/mol. The summed E-state index contributed by atoms with van der Waals surface area (Å²) in [5.41, 5.74) is 2.65. The summed E-state index contributed by atoms with van der Waals surface area (Å²) in [6.45, 7) is 9.27. The van der Waals surface area contributed by atoms with Gasteiger partial charge in [-0.1, -0.05) is 38.5 Å². The van der Waals surface area contributed by atoms with Gasteiger partial charge < -0.3 is 5.32 Å². The Morgan fingerprint density at radius 3 is 2.76 bits per heavy atom. The highest BCUT2D eigenvalue weighted by Crippen LogP contribution is 2.18. The maximum absolute atomic E-state index is 3.74. The van der Waals surface area contributed by atoms with Crippen molar-refractivity contribution in [1.29, 1.82) is 0 Å². The molecule has 1 aromatic carbocycles. The van der Waals surface area contributed by atoms with Crippen LogP contribution >= 0.6 is 0 Å². The summed E-state index contributed by atoms with van der Waals surface area (Å²) in [5, 5.41) is 3.49. The van der Waals surface area contributed by atoms with Gasteiger partial charge in [0.05, 0.1) is 0 Å². The van der Waals surface area contributed by atoms with Crippen LogP contribution in [0.25, 0.3) is 0 Å². The molecule has 0 fully saturated rings. The molecule has 0 aromatic heterocycles. The van der Waals surface area contributed by atoms with Crippen molar-refractivity contribution in [3.05, 3.63) is 42.5 Å². The molecule has 1 nitrogen and oxygen atoms in total. The summed E-state index contributed by atoms with van der Waals surface area (Å²) < 4.78 is 0. The van der Waals surface area contributed by atoms with Crippen LogP contribution in [0.4, 0.5) is 5.69 Å². The fourth-order valence-corrected chi connectivity index (χ4v) is 1.83. The van der Waals surface area contributed by atoms with Crippen molar-refractivity contribution in [2.24, 2.45) is 0 Å². The lowest BCUT2D eigenvalue weighted by Crippen LogP contribution is -2.02. The minimum absolute atomic E-state index is 0.601. The van der Waals surface area contributed by atoms with E-state index in [-0.39, 0.29) is 0 Å². The minimum atomic E-state index is 0.601. The molecule has 0 aliphatic heterocycles. The molecule has 1 N–H and O–H groups in total. The average molecular weight is 231 g/mol. The highest BCUT2D eigenvalue weighted by molar-refractivity contribution is 5.46. The standard InChI is InChI=1S/C16H25N/c1-4-5-6-7-8-12-17-16-11-9-10-15(13-16)14(2)3/h4,9-11,13-14,17H,1,5-8,12H2,2-3H3. The molecule has 0 spiro atoms. The second-order valence-electron chi connectivity index (χ2n) is 4.84. The molecule has 0 amide bonds. The van der Waals surface area contributed by atoms with Crippen LogP contribution in [0.15, 0.2) is 36.9 Å². The Morgan fingerprint density at radius 1 is 1.24 bits per heavy atom. The normalized spacial score (nSPS) is 10.5. The van der Waals surface area contributed by atoms with E-state index in [9.17, 15) is 0 Å². The third-order valence-electron chi connectivity index (χ3n) is 2.97. The molecule has 94 valence electrons. The molecule has 0 unspecified atom stereocenters. The largest absolute Gasteiger partial charge is 0.385 e. The topological polar surface area (TPSA) is 12.0 Å². The van der Waals surface area contributed by atoms with Gasteiger partial charge in [-0.15, -0.1) is 6.58 Å². The maximum Gasteiger partial charge on any atom is 0.0343 e. The Labute approximate surface area is 106 Å². The number of unbranched alkanes of at least 4 members (excludes halogenated alkanes) is 3. The minimum Gasteiger partial charge on any atom is -0.385 e.